The van der Waals surface area contributed by atoms with Gasteiger partial charge in [-0.2, -0.15) is 0 Å². The molecule has 0 saturated carbocycles. The monoisotopic (exact) mass is 365 g/mol. The molecule has 2 N–H and O–H groups in total. The zero-order valence-corrected chi connectivity index (χ0v) is 15.7. The molecule has 0 spiro atoms. The molecule has 2 fully saturated rings. The second-order valence-electron chi connectivity index (χ2n) is 7.54. The van der Waals surface area contributed by atoms with Crippen LogP contribution in [0.1, 0.15) is 31.2 Å². The summed E-state index contributed by atoms with van der Waals surface area (Å²) in [7, 11) is 1.62. The summed E-state index contributed by atoms with van der Waals surface area (Å²) in [4.78, 5) is 15.0. The summed E-state index contributed by atoms with van der Waals surface area (Å²) in [5.41, 5.74) is 2.12. The highest BCUT2D eigenvalue weighted by Gasteiger charge is 2.40. The summed E-state index contributed by atoms with van der Waals surface area (Å²) in [5, 5.41) is 6.09. The summed E-state index contributed by atoms with van der Waals surface area (Å²) in [5.74, 6) is 0.736. The highest BCUT2D eigenvalue weighted by atomic mass is 16.5. The standard InChI is InChI=1S/C22H27N3O2/c1-27-21-9-5-8-17(14-21)23-22(26)24-18-12-19-10-11-20(13-18)25(19)15-16-6-3-2-4-7-16/h2-9,14,18-20H,10-13,15H2,1H3,(H2,23,24,26)/t19-,20-/m0/s1. The van der Waals surface area contributed by atoms with Crippen molar-refractivity contribution >= 4 is 11.7 Å². The largest absolute Gasteiger partial charge is 0.497 e. The van der Waals surface area contributed by atoms with Gasteiger partial charge in [-0.1, -0.05) is 36.4 Å². The van der Waals surface area contributed by atoms with Crippen LogP contribution in [0.25, 0.3) is 0 Å². The third-order valence-electron chi connectivity index (χ3n) is 5.76. The number of nitrogens with zero attached hydrogens (tertiary/aromatic N) is 1. The van der Waals surface area contributed by atoms with E-state index in [9.17, 15) is 4.79 Å². The van der Waals surface area contributed by atoms with Crippen molar-refractivity contribution in [2.45, 2.75) is 50.4 Å². The van der Waals surface area contributed by atoms with Crippen molar-refractivity contribution in [2.24, 2.45) is 0 Å². The lowest BCUT2D eigenvalue weighted by molar-refractivity contribution is 0.112. The number of nitrogens with one attached hydrogen (secondary N) is 2. The van der Waals surface area contributed by atoms with Gasteiger partial charge in [-0.05, 0) is 43.4 Å². The molecule has 2 atom stereocenters. The van der Waals surface area contributed by atoms with E-state index >= 15 is 0 Å². The predicted molar refractivity (Wildman–Crippen MR) is 107 cm³/mol. The molecular weight excluding hydrogens is 338 g/mol. The van der Waals surface area contributed by atoms with E-state index in [1.165, 1.54) is 18.4 Å². The van der Waals surface area contributed by atoms with Gasteiger partial charge < -0.3 is 15.4 Å². The second-order valence-corrected chi connectivity index (χ2v) is 7.54. The molecular formula is C22H27N3O2. The maximum atomic E-state index is 12.4. The Labute approximate surface area is 160 Å². The Bertz CT molecular complexity index is 766. The van der Waals surface area contributed by atoms with Crippen molar-refractivity contribution in [3.05, 3.63) is 60.2 Å². The van der Waals surface area contributed by atoms with Crippen LogP contribution >= 0.6 is 0 Å². The number of rotatable bonds is 5. The van der Waals surface area contributed by atoms with E-state index in [1.54, 1.807) is 7.11 Å². The Kier molecular flexibility index (Phi) is 5.30. The van der Waals surface area contributed by atoms with Gasteiger partial charge in [0.1, 0.15) is 5.75 Å². The minimum atomic E-state index is -0.135. The number of hydrogen-bond donors (Lipinski definition) is 2. The minimum Gasteiger partial charge on any atom is -0.497 e. The Morgan fingerprint density at radius 1 is 1.07 bits per heavy atom. The second kappa shape index (κ2) is 8.01. The lowest BCUT2D eigenvalue weighted by Gasteiger charge is -2.39. The first-order valence-electron chi connectivity index (χ1n) is 9.72. The van der Waals surface area contributed by atoms with Crippen LogP contribution in [0.15, 0.2) is 54.6 Å². The molecule has 5 heteroatoms. The van der Waals surface area contributed by atoms with E-state index < -0.39 is 0 Å². The Morgan fingerprint density at radius 3 is 2.52 bits per heavy atom. The summed E-state index contributed by atoms with van der Waals surface area (Å²) < 4.78 is 5.21. The lowest BCUT2D eigenvalue weighted by atomic mass is 9.96. The maximum Gasteiger partial charge on any atom is 0.319 e. The highest BCUT2D eigenvalue weighted by molar-refractivity contribution is 5.89. The van der Waals surface area contributed by atoms with E-state index in [2.05, 4.69) is 45.9 Å². The molecule has 2 aliphatic rings. The molecule has 0 unspecified atom stereocenters. The fourth-order valence-corrected chi connectivity index (χ4v) is 4.50. The van der Waals surface area contributed by atoms with Gasteiger partial charge in [-0.25, -0.2) is 4.79 Å². The molecule has 2 amide bonds. The normalized spacial score (nSPS) is 24.4. The van der Waals surface area contributed by atoms with Crippen LogP contribution in [0.2, 0.25) is 0 Å². The number of urea groups is 1. The van der Waals surface area contributed by atoms with E-state index in [-0.39, 0.29) is 12.1 Å². The molecule has 2 aromatic rings. The van der Waals surface area contributed by atoms with E-state index in [4.69, 9.17) is 4.74 Å². The molecule has 2 heterocycles. The number of ether oxygens (including phenoxy) is 1. The fraction of sp³-hybridized carbons (Fsp3) is 0.409. The van der Waals surface area contributed by atoms with E-state index in [0.717, 1.165) is 30.8 Å². The van der Waals surface area contributed by atoms with Crippen LogP contribution in [0.4, 0.5) is 10.5 Å². The number of piperidine rings is 1. The van der Waals surface area contributed by atoms with Crippen molar-refractivity contribution < 1.29 is 9.53 Å². The molecule has 27 heavy (non-hydrogen) atoms. The first-order valence-corrected chi connectivity index (χ1v) is 9.72. The minimum absolute atomic E-state index is 0.135. The zero-order chi connectivity index (χ0) is 18.6. The van der Waals surface area contributed by atoms with Gasteiger partial charge in [-0.15, -0.1) is 0 Å². The molecule has 4 rings (SSSR count). The Balaban J connectivity index is 1.32. The average Bonchev–Trinajstić information content (AvgIpc) is 2.91. The predicted octanol–water partition coefficient (Wildman–Crippen LogP) is 4.01. The van der Waals surface area contributed by atoms with Gasteiger partial charge in [0.25, 0.3) is 0 Å². The molecule has 5 nitrogen and oxygen atoms in total. The lowest BCUT2D eigenvalue weighted by Crippen LogP contribution is -2.50. The van der Waals surface area contributed by atoms with Gasteiger partial charge in [-0.3, -0.25) is 4.90 Å². The number of carbonyl (C=O) groups is 1. The molecule has 0 radical (unpaired) electrons. The number of fused-ring (bicyclic) bond motifs is 2. The van der Waals surface area contributed by atoms with Gasteiger partial charge in [0.05, 0.1) is 7.11 Å². The van der Waals surface area contributed by atoms with Crippen molar-refractivity contribution in [1.82, 2.24) is 10.2 Å². The first kappa shape index (κ1) is 17.9. The first-order chi connectivity index (χ1) is 13.2. The molecule has 2 aliphatic heterocycles. The molecule has 2 bridgehead atoms. The van der Waals surface area contributed by atoms with Crippen molar-refractivity contribution in [3.63, 3.8) is 0 Å². The summed E-state index contributed by atoms with van der Waals surface area (Å²) in [6.07, 6.45) is 4.50. The summed E-state index contributed by atoms with van der Waals surface area (Å²) >= 11 is 0. The van der Waals surface area contributed by atoms with E-state index in [1.807, 2.05) is 24.3 Å². The third kappa shape index (κ3) is 4.25. The quantitative estimate of drug-likeness (QED) is 0.842. The number of carbonyl (C=O) groups excluding carboxylic acids is 1. The molecule has 0 aliphatic carbocycles. The number of amides is 2. The van der Waals surface area contributed by atoms with Crippen LogP contribution in [0, 0.1) is 0 Å². The molecule has 142 valence electrons. The van der Waals surface area contributed by atoms with Gasteiger partial charge in [0.15, 0.2) is 0 Å². The number of benzene rings is 2. The number of hydrogen-bond acceptors (Lipinski definition) is 3. The Morgan fingerprint density at radius 2 is 1.81 bits per heavy atom. The maximum absolute atomic E-state index is 12.4. The van der Waals surface area contributed by atoms with Crippen molar-refractivity contribution in [2.75, 3.05) is 12.4 Å². The van der Waals surface area contributed by atoms with Crippen LogP contribution < -0.4 is 15.4 Å². The SMILES string of the molecule is COc1cccc(NC(=O)NC2C[C@@H]3CC[C@@H](C2)N3Cc2ccccc2)c1. The summed E-state index contributed by atoms with van der Waals surface area (Å²) in [6, 6.07) is 19.3. The molecule has 2 aromatic carbocycles. The average molecular weight is 365 g/mol. The number of methoxy groups -OCH3 is 1. The molecule has 0 aromatic heterocycles. The topological polar surface area (TPSA) is 53.6 Å². The van der Waals surface area contributed by atoms with Gasteiger partial charge >= 0.3 is 6.03 Å². The van der Waals surface area contributed by atoms with Crippen LogP contribution in [-0.2, 0) is 6.54 Å². The van der Waals surface area contributed by atoms with E-state index in [0.29, 0.717) is 12.1 Å². The highest BCUT2D eigenvalue weighted by Crippen LogP contribution is 2.36. The van der Waals surface area contributed by atoms with Crippen LogP contribution in [0.5, 0.6) is 5.75 Å². The van der Waals surface area contributed by atoms with Crippen molar-refractivity contribution in [1.29, 1.82) is 0 Å². The van der Waals surface area contributed by atoms with Crippen LogP contribution in [-0.4, -0.2) is 36.2 Å². The summed E-state index contributed by atoms with van der Waals surface area (Å²) in [6.45, 7) is 1.01. The van der Waals surface area contributed by atoms with Gasteiger partial charge in [0.2, 0.25) is 0 Å². The molecule has 2 saturated heterocycles. The smallest absolute Gasteiger partial charge is 0.319 e. The van der Waals surface area contributed by atoms with Crippen LogP contribution in [0.3, 0.4) is 0 Å². The van der Waals surface area contributed by atoms with Gasteiger partial charge in [0, 0.05) is 36.4 Å². The number of anilines is 1. The fourth-order valence-electron chi connectivity index (χ4n) is 4.50. The Hall–Kier alpha value is -2.53. The third-order valence-corrected chi connectivity index (χ3v) is 5.76. The zero-order valence-electron chi connectivity index (χ0n) is 15.7. The van der Waals surface area contributed by atoms with Crippen molar-refractivity contribution in [3.8, 4) is 5.75 Å².